The first-order chi connectivity index (χ1) is 10.7. The zero-order valence-corrected chi connectivity index (χ0v) is 15.9. The van der Waals surface area contributed by atoms with E-state index in [-0.39, 0.29) is 48.5 Å². The van der Waals surface area contributed by atoms with Crippen molar-refractivity contribution in [2.75, 3.05) is 32.7 Å². The van der Waals surface area contributed by atoms with E-state index in [9.17, 15) is 14.4 Å². The number of carbonyl (C=O) groups is 3. The van der Waals surface area contributed by atoms with Crippen LogP contribution in [0.15, 0.2) is 0 Å². The second-order valence-electron chi connectivity index (χ2n) is 6.70. The first kappa shape index (κ1) is 22.7. The third-order valence-corrected chi connectivity index (χ3v) is 4.09. The standard InChI is InChI=1S/C16H30N4O3.ClH/c1-11(2)14(17)15(22)18-10-13(21)19-6-5-7-20(9-8-19)16(23)12(3)4;/h11-12,14H,5-10,17H2,1-4H3,(H,18,22);1H/t14-;/m0./s1. The van der Waals surface area contributed by atoms with Crippen LogP contribution in [0.3, 0.4) is 0 Å². The molecule has 0 saturated carbocycles. The summed E-state index contributed by atoms with van der Waals surface area (Å²) in [4.78, 5) is 39.6. The van der Waals surface area contributed by atoms with Crippen molar-refractivity contribution in [3.05, 3.63) is 0 Å². The van der Waals surface area contributed by atoms with Crippen molar-refractivity contribution < 1.29 is 14.4 Å². The summed E-state index contributed by atoms with van der Waals surface area (Å²) in [5, 5.41) is 2.60. The number of amides is 3. The van der Waals surface area contributed by atoms with Crippen molar-refractivity contribution in [3.8, 4) is 0 Å². The Hall–Kier alpha value is -1.34. The van der Waals surface area contributed by atoms with Gasteiger partial charge in [-0.3, -0.25) is 14.4 Å². The Bertz CT molecular complexity index is 443. The fourth-order valence-electron chi connectivity index (χ4n) is 2.45. The minimum absolute atomic E-state index is 0. The van der Waals surface area contributed by atoms with Gasteiger partial charge < -0.3 is 20.9 Å². The molecule has 3 amide bonds. The van der Waals surface area contributed by atoms with Gasteiger partial charge in [0.15, 0.2) is 0 Å². The van der Waals surface area contributed by atoms with Crippen LogP contribution in [0.25, 0.3) is 0 Å². The first-order valence-corrected chi connectivity index (χ1v) is 8.34. The second kappa shape index (κ2) is 10.5. The number of nitrogens with one attached hydrogen (secondary N) is 1. The third-order valence-electron chi connectivity index (χ3n) is 4.09. The monoisotopic (exact) mass is 362 g/mol. The molecule has 1 atom stereocenters. The normalized spacial score (nSPS) is 16.5. The SMILES string of the molecule is CC(C)C(=O)N1CCCN(C(=O)CNC(=O)[C@@H](N)C(C)C)CC1.Cl. The highest BCUT2D eigenvalue weighted by molar-refractivity contribution is 5.87. The molecule has 0 aromatic rings. The van der Waals surface area contributed by atoms with Gasteiger partial charge in [0, 0.05) is 32.1 Å². The van der Waals surface area contributed by atoms with Gasteiger partial charge in [-0.25, -0.2) is 0 Å². The van der Waals surface area contributed by atoms with Gasteiger partial charge in [0.05, 0.1) is 12.6 Å². The number of nitrogens with two attached hydrogens (primary N) is 1. The molecule has 0 bridgehead atoms. The summed E-state index contributed by atoms with van der Waals surface area (Å²) in [7, 11) is 0. The maximum atomic E-state index is 12.2. The number of nitrogens with zero attached hydrogens (tertiary/aromatic N) is 2. The van der Waals surface area contributed by atoms with Crippen molar-refractivity contribution in [3.63, 3.8) is 0 Å². The highest BCUT2D eigenvalue weighted by Gasteiger charge is 2.24. The minimum Gasteiger partial charge on any atom is -0.346 e. The Balaban J connectivity index is 0.00000529. The topological polar surface area (TPSA) is 95.7 Å². The Kier molecular flexibility index (Phi) is 9.92. The van der Waals surface area contributed by atoms with Crippen molar-refractivity contribution >= 4 is 30.1 Å². The van der Waals surface area contributed by atoms with Gasteiger partial charge in [-0.15, -0.1) is 12.4 Å². The third kappa shape index (κ3) is 6.65. The number of hydrogen-bond donors (Lipinski definition) is 2. The van der Waals surface area contributed by atoms with E-state index >= 15 is 0 Å². The lowest BCUT2D eigenvalue weighted by atomic mass is 10.1. The molecule has 0 spiro atoms. The van der Waals surface area contributed by atoms with Gasteiger partial charge in [0.1, 0.15) is 0 Å². The molecule has 1 aliphatic rings. The van der Waals surface area contributed by atoms with Crippen LogP contribution in [0.1, 0.15) is 34.1 Å². The van der Waals surface area contributed by atoms with Gasteiger partial charge in [0.2, 0.25) is 17.7 Å². The van der Waals surface area contributed by atoms with Crippen LogP contribution < -0.4 is 11.1 Å². The van der Waals surface area contributed by atoms with Crippen molar-refractivity contribution in [1.29, 1.82) is 0 Å². The summed E-state index contributed by atoms with van der Waals surface area (Å²) < 4.78 is 0. The fraction of sp³-hybridized carbons (Fsp3) is 0.812. The van der Waals surface area contributed by atoms with Crippen LogP contribution in [0.5, 0.6) is 0 Å². The maximum Gasteiger partial charge on any atom is 0.242 e. The highest BCUT2D eigenvalue weighted by atomic mass is 35.5. The molecule has 0 aliphatic carbocycles. The molecule has 0 radical (unpaired) electrons. The summed E-state index contributed by atoms with van der Waals surface area (Å²) in [6, 6.07) is -0.605. The Morgan fingerprint density at radius 3 is 2.08 bits per heavy atom. The van der Waals surface area contributed by atoms with E-state index in [1.165, 1.54) is 0 Å². The molecule has 1 fully saturated rings. The lowest BCUT2D eigenvalue weighted by molar-refractivity contribution is -0.135. The van der Waals surface area contributed by atoms with E-state index < -0.39 is 6.04 Å². The average Bonchev–Trinajstić information content (AvgIpc) is 2.76. The predicted molar refractivity (Wildman–Crippen MR) is 95.7 cm³/mol. The molecule has 3 N–H and O–H groups in total. The highest BCUT2D eigenvalue weighted by Crippen LogP contribution is 2.08. The first-order valence-electron chi connectivity index (χ1n) is 8.34. The Labute approximate surface area is 150 Å². The van der Waals surface area contributed by atoms with Gasteiger partial charge in [-0.05, 0) is 12.3 Å². The van der Waals surface area contributed by atoms with Gasteiger partial charge in [-0.1, -0.05) is 27.7 Å². The predicted octanol–water partition coefficient (Wildman–Crippen LogP) is 0.225. The zero-order chi connectivity index (χ0) is 17.6. The van der Waals surface area contributed by atoms with Crippen LogP contribution in [-0.2, 0) is 14.4 Å². The molecule has 0 unspecified atom stereocenters. The molecule has 8 heteroatoms. The molecule has 24 heavy (non-hydrogen) atoms. The molecule has 0 aromatic carbocycles. The van der Waals surface area contributed by atoms with Crippen LogP contribution >= 0.6 is 12.4 Å². The molecule has 1 rings (SSSR count). The minimum atomic E-state index is -0.605. The quantitative estimate of drug-likeness (QED) is 0.731. The van der Waals surface area contributed by atoms with E-state index in [4.69, 9.17) is 5.73 Å². The summed E-state index contributed by atoms with van der Waals surface area (Å²) in [6.07, 6.45) is 0.754. The number of rotatable bonds is 5. The molecule has 1 heterocycles. The fourth-order valence-corrected chi connectivity index (χ4v) is 2.45. The molecule has 140 valence electrons. The Morgan fingerprint density at radius 1 is 1.00 bits per heavy atom. The molecule has 0 aromatic heterocycles. The molecular weight excluding hydrogens is 332 g/mol. The summed E-state index contributed by atoms with van der Waals surface area (Å²) in [6.45, 7) is 9.76. The summed E-state index contributed by atoms with van der Waals surface area (Å²) in [5.74, 6) is -0.323. The lowest BCUT2D eigenvalue weighted by Gasteiger charge is -2.24. The number of hydrogen-bond acceptors (Lipinski definition) is 4. The number of carbonyl (C=O) groups excluding carboxylic acids is 3. The smallest absolute Gasteiger partial charge is 0.242 e. The van der Waals surface area contributed by atoms with E-state index in [1.807, 2.05) is 32.6 Å². The van der Waals surface area contributed by atoms with E-state index in [1.54, 1.807) is 4.90 Å². The largest absolute Gasteiger partial charge is 0.346 e. The lowest BCUT2D eigenvalue weighted by Crippen LogP contribution is -2.48. The molecular formula is C16H31ClN4O3. The van der Waals surface area contributed by atoms with Gasteiger partial charge in [0.25, 0.3) is 0 Å². The summed E-state index contributed by atoms with van der Waals surface area (Å²) in [5.41, 5.74) is 5.75. The van der Waals surface area contributed by atoms with Gasteiger partial charge in [-0.2, -0.15) is 0 Å². The van der Waals surface area contributed by atoms with Crippen LogP contribution in [-0.4, -0.2) is 66.3 Å². The van der Waals surface area contributed by atoms with Crippen molar-refractivity contribution in [2.45, 2.75) is 40.2 Å². The summed E-state index contributed by atoms with van der Waals surface area (Å²) >= 11 is 0. The Morgan fingerprint density at radius 2 is 1.54 bits per heavy atom. The average molecular weight is 363 g/mol. The van der Waals surface area contributed by atoms with Gasteiger partial charge >= 0.3 is 0 Å². The maximum absolute atomic E-state index is 12.2. The van der Waals surface area contributed by atoms with E-state index in [2.05, 4.69) is 5.32 Å². The molecule has 7 nitrogen and oxygen atoms in total. The van der Waals surface area contributed by atoms with E-state index in [0.717, 1.165) is 6.42 Å². The van der Waals surface area contributed by atoms with Crippen LogP contribution in [0, 0.1) is 11.8 Å². The second-order valence-corrected chi connectivity index (χ2v) is 6.70. The number of halogens is 1. The van der Waals surface area contributed by atoms with Crippen molar-refractivity contribution in [2.24, 2.45) is 17.6 Å². The molecule has 1 aliphatic heterocycles. The van der Waals surface area contributed by atoms with Crippen molar-refractivity contribution in [1.82, 2.24) is 15.1 Å². The van der Waals surface area contributed by atoms with Crippen LogP contribution in [0.2, 0.25) is 0 Å². The molecule has 1 saturated heterocycles. The van der Waals surface area contributed by atoms with Crippen LogP contribution in [0.4, 0.5) is 0 Å². The van der Waals surface area contributed by atoms with E-state index in [0.29, 0.717) is 26.2 Å². The zero-order valence-electron chi connectivity index (χ0n) is 15.1.